The number of halogens is 3. The molecule has 0 aliphatic carbocycles. The van der Waals surface area contributed by atoms with E-state index in [1.165, 1.54) is 24.3 Å². The molecule has 0 saturated carbocycles. The Hall–Kier alpha value is -1.76. The highest BCUT2D eigenvalue weighted by atomic mass is 19.4. The van der Waals surface area contributed by atoms with Crippen LogP contribution in [0.2, 0.25) is 0 Å². The van der Waals surface area contributed by atoms with E-state index in [2.05, 4.69) is 10.1 Å². The second-order valence-corrected chi connectivity index (χ2v) is 5.08. The van der Waals surface area contributed by atoms with Crippen molar-refractivity contribution in [2.45, 2.75) is 39.2 Å². The van der Waals surface area contributed by atoms with Crippen molar-refractivity contribution in [3.05, 3.63) is 29.8 Å². The predicted molar refractivity (Wildman–Crippen MR) is 72.4 cm³/mol. The summed E-state index contributed by atoms with van der Waals surface area (Å²) in [5.74, 6) is -0.277. The highest BCUT2D eigenvalue weighted by Crippen LogP contribution is 2.22. The molecule has 7 heteroatoms. The minimum Gasteiger partial charge on any atom is -0.406 e. The fourth-order valence-electron chi connectivity index (χ4n) is 1.53. The van der Waals surface area contributed by atoms with Crippen molar-refractivity contribution in [1.29, 1.82) is 0 Å². The molecular formula is C14H19F3N2O2. The Bertz CT molecular complexity index is 458. The van der Waals surface area contributed by atoms with Crippen molar-refractivity contribution < 1.29 is 22.7 Å². The van der Waals surface area contributed by atoms with Crippen LogP contribution in [0.3, 0.4) is 0 Å². The summed E-state index contributed by atoms with van der Waals surface area (Å²) < 4.78 is 39.7. The number of hydrogen-bond donors (Lipinski definition) is 2. The molecule has 21 heavy (non-hydrogen) atoms. The molecule has 1 aromatic rings. The summed E-state index contributed by atoms with van der Waals surface area (Å²) >= 11 is 0. The van der Waals surface area contributed by atoms with Gasteiger partial charge in [0.05, 0.1) is 0 Å². The maximum Gasteiger partial charge on any atom is 0.573 e. The van der Waals surface area contributed by atoms with Gasteiger partial charge in [0.25, 0.3) is 0 Å². The second kappa shape index (κ2) is 7.31. The van der Waals surface area contributed by atoms with Crippen LogP contribution in [0.1, 0.15) is 25.8 Å². The lowest BCUT2D eigenvalue weighted by molar-refractivity contribution is -0.274. The molecule has 0 aromatic heterocycles. The molecule has 118 valence electrons. The number of hydrogen-bond acceptors (Lipinski definition) is 3. The Labute approximate surface area is 121 Å². The van der Waals surface area contributed by atoms with E-state index < -0.39 is 6.36 Å². The number of benzene rings is 1. The summed E-state index contributed by atoms with van der Waals surface area (Å²) in [5, 5.41) is 2.67. The van der Waals surface area contributed by atoms with Crippen LogP contribution in [-0.4, -0.2) is 18.3 Å². The van der Waals surface area contributed by atoms with Crippen LogP contribution in [0.4, 0.5) is 13.2 Å². The Morgan fingerprint density at radius 1 is 1.29 bits per heavy atom. The zero-order valence-electron chi connectivity index (χ0n) is 11.9. The molecule has 1 unspecified atom stereocenters. The topological polar surface area (TPSA) is 64.4 Å². The Balaban J connectivity index is 2.44. The maximum absolute atomic E-state index is 12.0. The summed E-state index contributed by atoms with van der Waals surface area (Å²) in [6.45, 7) is 4.09. The average molecular weight is 304 g/mol. The van der Waals surface area contributed by atoms with Gasteiger partial charge in [0.2, 0.25) is 5.91 Å². The monoisotopic (exact) mass is 304 g/mol. The average Bonchev–Trinajstić information content (AvgIpc) is 2.36. The number of ether oxygens (including phenoxy) is 1. The van der Waals surface area contributed by atoms with Crippen LogP contribution < -0.4 is 15.8 Å². The van der Waals surface area contributed by atoms with Crippen LogP contribution in [0.15, 0.2) is 24.3 Å². The van der Waals surface area contributed by atoms with Gasteiger partial charge in [-0.15, -0.1) is 13.2 Å². The van der Waals surface area contributed by atoms with Crippen LogP contribution in [-0.2, 0) is 11.3 Å². The Kier molecular flexibility index (Phi) is 6.02. The molecule has 1 aromatic carbocycles. The molecule has 0 saturated heterocycles. The van der Waals surface area contributed by atoms with E-state index in [1.54, 1.807) is 0 Å². The van der Waals surface area contributed by atoms with Gasteiger partial charge in [0.15, 0.2) is 0 Å². The molecule has 1 amide bonds. The predicted octanol–water partition coefficient (Wildman–Crippen LogP) is 2.57. The van der Waals surface area contributed by atoms with E-state index in [0.29, 0.717) is 5.56 Å². The van der Waals surface area contributed by atoms with Gasteiger partial charge in [-0.3, -0.25) is 4.79 Å². The molecule has 0 spiro atoms. The first-order valence-corrected chi connectivity index (χ1v) is 6.54. The summed E-state index contributed by atoms with van der Waals surface area (Å²) in [6.07, 6.45) is -4.49. The molecule has 0 fully saturated rings. The lowest BCUT2D eigenvalue weighted by Gasteiger charge is -2.15. The molecular weight excluding hydrogens is 285 g/mol. The van der Waals surface area contributed by atoms with Gasteiger partial charge in [0, 0.05) is 19.0 Å². The minimum absolute atomic E-state index is 0.188. The van der Waals surface area contributed by atoms with Gasteiger partial charge >= 0.3 is 6.36 Å². The van der Waals surface area contributed by atoms with E-state index >= 15 is 0 Å². The number of carbonyl (C=O) groups excluding carboxylic acids is 1. The zero-order chi connectivity index (χ0) is 16.0. The third kappa shape index (κ3) is 6.99. The molecule has 0 heterocycles. The van der Waals surface area contributed by atoms with E-state index in [1.807, 2.05) is 13.8 Å². The number of nitrogens with one attached hydrogen (secondary N) is 1. The van der Waals surface area contributed by atoms with Crippen molar-refractivity contribution in [2.75, 3.05) is 0 Å². The van der Waals surface area contributed by atoms with Crippen LogP contribution >= 0.6 is 0 Å². The third-order valence-corrected chi connectivity index (χ3v) is 2.92. The molecule has 0 bridgehead atoms. The quantitative estimate of drug-likeness (QED) is 0.849. The minimum atomic E-state index is -4.71. The summed E-state index contributed by atoms with van der Waals surface area (Å²) in [7, 11) is 0. The number of alkyl halides is 3. The number of amides is 1. The first-order valence-electron chi connectivity index (χ1n) is 6.54. The smallest absolute Gasteiger partial charge is 0.406 e. The van der Waals surface area contributed by atoms with Crippen LogP contribution in [0.5, 0.6) is 5.75 Å². The fourth-order valence-corrected chi connectivity index (χ4v) is 1.53. The summed E-state index contributed by atoms with van der Waals surface area (Å²) in [6, 6.07) is 5.12. The normalized spacial score (nSPS) is 13.1. The SMILES string of the molecule is CC(C)C(N)CC(=O)NCc1ccc(OC(F)(F)F)cc1. The fraction of sp³-hybridized carbons (Fsp3) is 0.500. The lowest BCUT2D eigenvalue weighted by Crippen LogP contribution is -2.34. The lowest BCUT2D eigenvalue weighted by atomic mass is 10.0. The summed E-state index contributed by atoms with van der Waals surface area (Å²) in [5.41, 5.74) is 6.46. The van der Waals surface area contributed by atoms with E-state index in [9.17, 15) is 18.0 Å². The second-order valence-electron chi connectivity index (χ2n) is 5.08. The molecule has 1 rings (SSSR count). The van der Waals surface area contributed by atoms with Crippen molar-refractivity contribution in [2.24, 2.45) is 11.7 Å². The van der Waals surface area contributed by atoms with Crippen molar-refractivity contribution in [1.82, 2.24) is 5.32 Å². The summed E-state index contributed by atoms with van der Waals surface area (Å²) in [4.78, 5) is 11.6. The standard InChI is InChI=1S/C14H19F3N2O2/c1-9(2)12(18)7-13(20)19-8-10-3-5-11(6-4-10)21-14(15,16)17/h3-6,9,12H,7-8,18H2,1-2H3,(H,19,20). The molecule has 3 N–H and O–H groups in total. The van der Waals surface area contributed by atoms with E-state index in [4.69, 9.17) is 5.73 Å². The Morgan fingerprint density at radius 2 is 1.86 bits per heavy atom. The van der Waals surface area contributed by atoms with Gasteiger partial charge in [0.1, 0.15) is 5.75 Å². The first-order chi connectivity index (χ1) is 9.67. The van der Waals surface area contributed by atoms with E-state index in [-0.39, 0.29) is 36.6 Å². The van der Waals surface area contributed by atoms with Gasteiger partial charge < -0.3 is 15.8 Å². The molecule has 4 nitrogen and oxygen atoms in total. The highest BCUT2D eigenvalue weighted by Gasteiger charge is 2.30. The van der Waals surface area contributed by atoms with Crippen molar-refractivity contribution >= 4 is 5.91 Å². The third-order valence-electron chi connectivity index (χ3n) is 2.92. The van der Waals surface area contributed by atoms with Crippen molar-refractivity contribution in [3.8, 4) is 5.75 Å². The van der Waals surface area contributed by atoms with Crippen LogP contribution in [0.25, 0.3) is 0 Å². The Morgan fingerprint density at radius 3 is 2.33 bits per heavy atom. The molecule has 1 atom stereocenters. The van der Waals surface area contributed by atoms with Gasteiger partial charge in [-0.2, -0.15) is 0 Å². The number of carbonyl (C=O) groups is 1. The molecule has 0 aliphatic rings. The maximum atomic E-state index is 12.0. The highest BCUT2D eigenvalue weighted by molar-refractivity contribution is 5.76. The molecule has 0 radical (unpaired) electrons. The molecule has 0 aliphatic heterocycles. The number of nitrogens with two attached hydrogens (primary N) is 1. The largest absolute Gasteiger partial charge is 0.573 e. The zero-order valence-corrected chi connectivity index (χ0v) is 11.9. The van der Waals surface area contributed by atoms with Gasteiger partial charge in [-0.25, -0.2) is 0 Å². The van der Waals surface area contributed by atoms with Gasteiger partial charge in [-0.05, 0) is 23.6 Å². The number of rotatable bonds is 6. The van der Waals surface area contributed by atoms with Crippen LogP contribution in [0, 0.1) is 5.92 Å². The van der Waals surface area contributed by atoms with E-state index in [0.717, 1.165) is 0 Å². The van der Waals surface area contributed by atoms with Gasteiger partial charge in [-0.1, -0.05) is 26.0 Å². The first kappa shape index (κ1) is 17.3. The van der Waals surface area contributed by atoms with Crippen molar-refractivity contribution in [3.63, 3.8) is 0 Å².